The summed E-state index contributed by atoms with van der Waals surface area (Å²) < 4.78 is 32.6. The third kappa shape index (κ3) is 5.07. The fraction of sp³-hybridized carbons (Fsp3) is 0.731. The van der Waals surface area contributed by atoms with E-state index in [1.165, 1.54) is 0 Å². The van der Waals surface area contributed by atoms with Gasteiger partial charge in [0, 0.05) is 62.9 Å². The molecule has 4 aliphatic rings. The molecule has 3 saturated heterocycles. The number of carbonyl (C=O) groups excluding carboxylic acids is 2. The van der Waals surface area contributed by atoms with E-state index in [0.29, 0.717) is 57.5 Å². The number of likely N-dealkylation sites (tertiary alicyclic amines) is 1. The first-order valence-corrected chi connectivity index (χ1v) is 13.1. The number of nitrogens with zero attached hydrogens (tertiary/aromatic N) is 4. The number of halogens is 2. The lowest BCUT2D eigenvalue weighted by Gasteiger charge is -2.41. The van der Waals surface area contributed by atoms with Crippen molar-refractivity contribution in [3.63, 3.8) is 0 Å². The number of likely N-dealkylation sites (N-methyl/N-ethyl adjacent to an activating group) is 1. The van der Waals surface area contributed by atoms with Gasteiger partial charge in [-0.3, -0.25) is 19.4 Å². The number of piperidine rings is 1. The molecule has 1 N–H and O–H groups in total. The van der Waals surface area contributed by atoms with Crippen LogP contribution < -0.4 is 10.1 Å². The topological polar surface area (TPSA) is 78.0 Å². The predicted molar refractivity (Wildman–Crippen MR) is 130 cm³/mol. The Labute approximate surface area is 211 Å². The number of fused-ring (bicyclic) bond motifs is 1. The second kappa shape index (κ2) is 9.85. The number of aromatic nitrogens is 1. The maximum atomic E-state index is 13.6. The molecule has 2 atom stereocenters. The zero-order valence-electron chi connectivity index (χ0n) is 21.2. The molecule has 1 aromatic heterocycles. The number of rotatable bonds is 5. The Hall–Kier alpha value is -2.33. The molecule has 0 unspecified atom stereocenters. The van der Waals surface area contributed by atoms with Crippen LogP contribution in [0, 0.1) is 0 Å². The summed E-state index contributed by atoms with van der Waals surface area (Å²) in [5.74, 6) is -1.99. The number of carbonyl (C=O) groups is 2. The number of alkyl halides is 2. The maximum Gasteiger partial charge on any atom is 0.248 e. The SMILES string of the molecule is COc1ncccc1CN1CCC2(CC1)CC(=O)N1C[C@@H](N(C)C3CCC(F)(F)CC3)C[C@H]1C(=O)N2. The van der Waals surface area contributed by atoms with Crippen LogP contribution in [0.3, 0.4) is 0 Å². The monoisotopic (exact) mass is 505 g/mol. The van der Waals surface area contributed by atoms with E-state index in [1.54, 1.807) is 18.2 Å². The highest BCUT2D eigenvalue weighted by Gasteiger charge is 2.50. The summed E-state index contributed by atoms with van der Waals surface area (Å²) >= 11 is 0. The first kappa shape index (κ1) is 25.3. The summed E-state index contributed by atoms with van der Waals surface area (Å²) in [5.41, 5.74) is 0.513. The van der Waals surface area contributed by atoms with Gasteiger partial charge in [-0.2, -0.15) is 0 Å². The number of pyridine rings is 1. The quantitative estimate of drug-likeness (QED) is 0.663. The lowest BCUT2D eigenvalue weighted by molar-refractivity contribution is -0.135. The molecule has 1 saturated carbocycles. The third-order valence-electron chi connectivity index (χ3n) is 8.87. The number of hydrogen-bond acceptors (Lipinski definition) is 6. The van der Waals surface area contributed by atoms with Crippen LogP contribution in [0.1, 0.15) is 56.9 Å². The van der Waals surface area contributed by atoms with Gasteiger partial charge in [0.2, 0.25) is 23.6 Å². The highest BCUT2D eigenvalue weighted by Crippen LogP contribution is 2.38. The van der Waals surface area contributed by atoms with Gasteiger partial charge in [-0.15, -0.1) is 0 Å². The lowest BCUT2D eigenvalue weighted by atomic mass is 9.83. The molecule has 4 heterocycles. The second-order valence-electron chi connectivity index (χ2n) is 11.1. The van der Waals surface area contributed by atoms with Gasteiger partial charge in [-0.25, -0.2) is 13.8 Å². The van der Waals surface area contributed by atoms with Crippen LogP contribution in [-0.4, -0.2) is 94.9 Å². The zero-order valence-corrected chi connectivity index (χ0v) is 21.2. The smallest absolute Gasteiger partial charge is 0.248 e. The van der Waals surface area contributed by atoms with Crippen LogP contribution in [0.4, 0.5) is 8.78 Å². The van der Waals surface area contributed by atoms with E-state index in [1.807, 2.05) is 19.2 Å². The van der Waals surface area contributed by atoms with Crippen LogP contribution in [0.2, 0.25) is 0 Å². The fourth-order valence-electron chi connectivity index (χ4n) is 6.55. The maximum absolute atomic E-state index is 13.6. The minimum absolute atomic E-state index is 0.0202. The zero-order chi connectivity index (χ0) is 25.5. The van der Waals surface area contributed by atoms with Crippen LogP contribution in [-0.2, 0) is 16.1 Å². The van der Waals surface area contributed by atoms with Gasteiger partial charge in [-0.05, 0) is 45.2 Å². The van der Waals surface area contributed by atoms with Gasteiger partial charge in [0.05, 0.1) is 19.1 Å². The van der Waals surface area contributed by atoms with E-state index in [4.69, 9.17) is 4.74 Å². The summed E-state index contributed by atoms with van der Waals surface area (Å²) in [6.45, 7) is 2.75. The second-order valence-corrected chi connectivity index (χ2v) is 11.1. The minimum Gasteiger partial charge on any atom is -0.481 e. The van der Waals surface area contributed by atoms with Gasteiger partial charge in [-0.1, -0.05) is 6.07 Å². The van der Waals surface area contributed by atoms with Crippen LogP contribution in [0.15, 0.2) is 18.3 Å². The van der Waals surface area contributed by atoms with Crippen molar-refractivity contribution in [1.82, 2.24) is 25.0 Å². The van der Waals surface area contributed by atoms with Gasteiger partial charge in [0.15, 0.2) is 0 Å². The summed E-state index contributed by atoms with van der Waals surface area (Å²) in [6.07, 6.45) is 4.74. The molecule has 8 nitrogen and oxygen atoms in total. The summed E-state index contributed by atoms with van der Waals surface area (Å²) in [4.78, 5) is 37.2. The minimum atomic E-state index is -2.56. The average Bonchev–Trinajstić information content (AvgIpc) is 3.28. The van der Waals surface area contributed by atoms with Crippen molar-refractivity contribution >= 4 is 11.8 Å². The molecule has 5 rings (SSSR count). The normalized spacial score (nSPS) is 28.8. The summed E-state index contributed by atoms with van der Waals surface area (Å²) in [6, 6.07) is 3.52. The molecule has 2 amide bonds. The molecule has 0 bridgehead atoms. The van der Waals surface area contributed by atoms with Gasteiger partial charge >= 0.3 is 0 Å². The summed E-state index contributed by atoms with van der Waals surface area (Å²) in [7, 11) is 3.58. The fourth-order valence-corrected chi connectivity index (χ4v) is 6.55. The van der Waals surface area contributed by atoms with E-state index in [0.717, 1.165) is 18.7 Å². The van der Waals surface area contributed by atoms with Crippen LogP contribution in [0.5, 0.6) is 5.88 Å². The van der Waals surface area contributed by atoms with Crippen molar-refractivity contribution in [1.29, 1.82) is 0 Å². The Bertz CT molecular complexity index is 946. The average molecular weight is 506 g/mol. The lowest BCUT2D eigenvalue weighted by Crippen LogP contribution is -2.56. The molecule has 10 heteroatoms. The Kier molecular flexibility index (Phi) is 6.93. The predicted octanol–water partition coefficient (Wildman–Crippen LogP) is 2.42. The molecule has 1 spiro atoms. The number of nitrogens with one attached hydrogen (secondary N) is 1. The largest absolute Gasteiger partial charge is 0.481 e. The highest BCUT2D eigenvalue weighted by atomic mass is 19.3. The Morgan fingerprint density at radius 3 is 2.58 bits per heavy atom. The molecule has 1 aliphatic carbocycles. The van der Waals surface area contributed by atoms with Crippen LogP contribution >= 0.6 is 0 Å². The van der Waals surface area contributed by atoms with Gasteiger partial charge in [0.1, 0.15) is 6.04 Å². The Balaban J connectivity index is 1.19. The standard InChI is InChI=1S/C26H37F2N5O3/c1-31(19-5-7-26(27,28)8-6-19)20-14-21-23(35)30-25(15-22(34)33(21)17-20)9-12-32(13-10-25)16-18-4-3-11-29-24(18)36-2/h3-4,11,19-21H,5-10,12-17H2,1-2H3,(H,30,35)/t20-,21-/m0/s1. The molecule has 1 aromatic rings. The van der Waals surface area contributed by atoms with Crippen LogP contribution in [0.25, 0.3) is 0 Å². The van der Waals surface area contributed by atoms with Crippen molar-refractivity contribution in [2.75, 3.05) is 33.8 Å². The van der Waals surface area contributed by atoms with Crippen molar-refractivity contribution in [2.24, 2.45) is 0 Å². The molecular formula is C26H37F2N5O3. The first-order valence-electron chi connectivity index (χ1n) is 13.1. The number of ether oxygens (including phenoxy) is 1. The molecule has 36 heavy (non-hydrogen) atoms. The molecule has 0 aromatic carbocycles. The Morgan fingerprint density at radius 1 is 1.17 bits per heavy atom. The highest BCUT2D eigenvalue weighted by molar-refractivity contribution is 5.92. The molecular weight excluding hydrogens is 468 g/mol. The Morgan fingerprint density at radius 2 is 1.89 bits per heavy atom. The van der Waals surface area contributed by atoms with Crippen molar-refractivity contribution in [3.05, 3.63) is 23.9 Å². The molecule has 0 radical (unpaired) electrons. The van der Waals surface area contributed by atoms with Crippen molar-refractivity contribution < 1.29 is 23.1 Å². The summed E-state index contributed by atoms with van der Waals surface area (Å²) in [5, 5.41) is 3.27. The first-order chi connectivity index (χ1) is 17.2. The number of hydrogen-bond donors (Lipinski definition) is 1. The number of methoxy groups -OCH3 is 1. The van der Waals surface area contributed by atoms with Crippen molar-refractivity contribution in [2.45, 2.75) is 87.5 Å². The molecule has 3 aliphatic heterocycles. The van der Waals surface area contributed by atoms with E-state index in [-0.39, 0.29) is 36.7 Å². The van der Waals surface area contributed by atoms with E-state index < -0.39 is 17.5 Å². The number of amides is 2. The van der Waals surface area contributed by atoms with E-state index >= 15 is 0 Å². The van der Waals surface area contributed by atoms with Gasteiger partial charge < -0.3 is 15.0 Å². The van der Waals surface area contributed by atoms with E-state index in [2.05, 4.69) is 20.1 Å². The van der Waals surface area contributed by atoms with E-state index in [9.17, 15) is 18.4 Å². The third-order valence-corrected chi connectivity index (χ3v) is 8.87. The molecule has 4 fully saturated rings. The van der Waals surface area contributed by atoms with Gasteiger partial charge in [0.25, 0.3) is 0 Å². The molecule has 198 valence electrons. The van der Waals surface area contributed by atoms with Crippen molar-refractivity contribution in [3.8, 4) is 5.88 Å².